The Morgan fingerprint density at radius 2 is 0.897 bits per heavy atom. The molecule has 0 bridgehead atoms. The lowest BCUT2D eigenvalue weighted by Crippen LogP contribution is -2.22. The molecule has 0 amide bonds. The first-order chi connectivity index (χ1) is 28.6. The van der Waals surface area contributed by atoms with E-state index in [1.807, 2.05) is 18.2 Å². The molecule has 10 aromatic rings. The summed E-state index contributed by atoms with van der Waals surface area (Å²) in [5.41, 5.74) is 16.2. The minimum atomic E-state index is -0.237. The van der Waals surface area contributed by atoms with E-state index in [0.29, 0.717) is 5.82 Å². The van der Waals surface area contributed by atoms with E-state index in [-0.39, 0.29) is 5.41 Å². The first-order valence-corrected chi connectivity index (χ1v) is 20.0. The van der Waals surface area contributed by atoms with Crippen LogP contribution in [0.15, 0.2) is 212 Å². The van der Waals surface area contributed by atoms with E-state index in [9.17, 15) is 0 Å². The lowest BCUT2D eigenvalue weighted by molar-refractivity contribution is 0.714. The molecule has 1 unspecified atom stereocenters. The zero-order chi connectivity index (χ0) is 38.6. The van der Waals surface area contributed by atoms with Crippen LogP contribution in [0.5, 0.6) is 0 Å². The Bertz CT molecular complexity index is 3160. The average molecular weight is 739 g/mol. The van der Waals surface area contributed by atoms with Crippen molar-refractivity contribution in [3.8, 4) is 67.3 Å². The second-order valence-corrected chi connectivity index (χ2v) is 15.4. The third kappa shape index (κ3) is 5.49. The van der Waals surface area contributed by atoms with Crippen LogP contribution in [0.3, 0.4) is 0 Å². The minimum Gasteiger partial charge on any atom is -0.228 e. The zero-order valence-electron chi connectivity index (χ0n) is 32.1. The third-order valence-electron chi connectivity index (χ3n) is 12.2. The first kappa shape index (κ1) is 33.9. The van der Waals surface area contributed by atoms with Crippen molar-refractivity contribution in [1.29, 1.82) is 0 Å². The molecule has 11 rings (SSSR count). The summed E-state index contributed by atoms with van der Waals surface area (Å²) in [6, 6.07) is 76.5. The number of hydrogen-bond donors (Lipinski definition) is 0. The molecule has 2 nitrogen and oxygen atoms in total. The summed E-state index contributed by atoms with van der Waals surface area (Å²) in [7, 11) is 0. The molecule has 0 aliphatic heterocycles. The molecule has 0 spiro atoms. The topological polar surface area (TPSA) is 25.8 Å². The molecule has 2 heteroatoms. The molecule has 58 heavy (non-hydrogen) atoms. The summed E-state index contributed by atoms with van der Waals surface area (Å²) >= 11 is 0. The Hall–Kier alpha value is -7.42. The summed E-state index contributed by atoms with van der Waals surface area (Å²) in [6.45, 7) is 2.38. The van der Waals surface area contributed by atoms with Gasteiger partial charge in [0.1, 0.15) is 0 Å². The predicted molar refractivity (Wildman–Crippen MR) is 242 cm³/mol. The Balaban J connectivity index is 1.04. The summed E-state index contributed by atoms with van der Waals surface area (Å²) in [5, 5.41) is 4.72. The maximum atomic E-state index is 5.25. The molecule has 1 atom stereocenters. The van der Waals surface area contributed by atoms with Crippen molar-refractivity contribution in [1.82, 2.24) is 9.97 Å². The van der Waals surface area contributed by atoms with Crippen LogP contribution in [-0.2, 0) is 5.41 Å². The fraction of sp³-hybridized carbons (Fsp3) is 0.0357. The van der Waals surface area contributed by atoms with Crippen LogP contribution >= 0.6 is 0 Å². The van der Waals surface area contributed by atoms with Gasteiger partial charge < -0.3 is 0 Å². The minimum absolute atomic E-state index is 0.237. The molecule has 0 N–H and O–H groups in total. The molecule has 0 saturated heterocycles. The van der Waals surface area contributed by atoms with Gasteiger partial charge in [0.15, 0.2) is 5.82 Å². The van der Waals surface area contributed by atoms with Crippen LogP contribution in [0, 0.1) is 0 Å². The summed E-state index contributed by atoms with van der Waals surface area (Å²) < 4.78 is 0. The summed E-state index contributed by atoms with van der Waals surface area (Å²) in [5.74, 6) is 0.707. The fourth-order valence-corrected chi connectivity index (χ4v) is 9.30. The highest BCUT2D eigenvalue weighted by Crippen LogP contribution is 2.55. The Labute approximate surface area is 338 Å². The number of benzene rings is 9. The van der Waals surface area contributed by atoms with Gasteiger partial charge in [-0.25, -0.2) is 9.97 Å². The van der Waals surface area contributed by atoms with Crippen molar-refractivity contribution < 1.29 is 0 Å². The highest BCUT2D eigenvalue weighted by Gasteiger charge is 2.41. The first-order valence-electron chi connectivity index (χ1n) is 20.0. The monoisotopic (exact) mass is 738 g/mol. The van der Waals surface area contributed by atoms with Crippen LogP contribution < -0.4 is 0 Å². The maximum absolute atomic E-state index is 5.25. The van der Waals surface area contributed by atoms with Crippen molar-refractivity contribution in [3.63, 3.8) is 0 Å². The number of hydrogen-bond acceptors (Lipinski definition) is 2. The molecule has 272 valence electrons. The second kappa shape index (κ2) is 13.7. The van der Waals surface area contributed by atoms with Crippen LogP contribution in [0.2, 0.25) is 0 Å². The average Bonchev–Trinajstić information content (AvgIpc) is 3.57. The quantitative estimate of drug-likeness (QED) is 0.170. The number of nitrogens with zero attached hydrogens (tertiary/aromatic N) is 2. The van der Waals surface area contributed by atoms with Gasteiger partial charge in [-0.3, -0.25) is 0 Å². The van der Waals surface area contributed by atoms with Gasteiger partial charge in [-0.2, -0.15) is 0 Å². The molecule has 9 aromatic carbocycles. The van der Waals surface area contributed by atoms with Gasteiger partial charge in [0.2, 0.25) is 0 Å². The number of aromatic nitrogens is 2. The van der Waals surface area contributed by atoms with E-state index >= 15 is 0 Å². The normalized spacial score (nSPS) is 14.4. The van der Waals surface area contributed by atoms with Gasteiger partial charge in [0.25, 0.3) is 0 Å². The molecule has 0 radical (unpaired) electrons. The molecule has 1 heterocycles. The fourth-order valence-electron chi connectivity index (χ4n) is 9.30. The van der Waals surface area contributed by atoms with Crippen LogP contribution in [0.25, 0.3) is 88.8 Å². The van der Waals surface area contributed by atoms with E-state index in [1.54, 1.807) is 0 Å². The van der Waals surface area contributed by atoms with Crippen LogP contribution in [0.1, 0.15) is 23.6 Å². The van der Waals surface area contributed by atoms with Crippen molar-refractivity contribution in [2.24, 2.45) is 0 Å². The smallest absolute Gasteiger partial charge is 0.160 e. The lowest BCUT2D eigenvalue weighted by atomic mass is 9.74. The Kier molecular flexibility index (Phi) is 7.97. The number of rotatable bonds is 6. The van der Waals surface area contributed by atoms with Crippen LogP contribution in [0.4, 0.5) is 0 Å². The highest BCUT2D eigenvalue weighted by atomic mass is 14.9. The largest absolute Gasteiger partial charge is 0.228 e. The molecule has 0 saturated carbocycles. The molecule has 1 aromatic heterocycles. The van der Waals surface area contributed by atoms with Gasteiger partial charge in [0, 0.05) is 22.1 Å². The van der Waals surface area contributed by atoms with Gasteiger partial charge >= 0.3 is 0 Å². The van der Waals surface area contributed by atoms with E-state index in [4.69, 9.17) is 9.97 Å². The Morgan fingerprint density at radius 1 is 0.345 bits per heavy atom. The standard InChI is InChI=1S/C56H38N2/c1-56(44-22-9-4-10-23-44)49-28-12-11-24-47(49)54-46(26-15-29-50(54)56)42-32-30-41-35-43(33-31-40(41)34-42)51-36-52(58-55(57-51)39-18-7-3-8-19-39)48-27-14-21-38-20-13-25-45(53(38)48)37-16-5-2-6-17-37/h2-36H,1H3. The van der Waals surface area contributed by atoms with Crippen molar-refractivity contribution in [3.05, 3.63) is 229 Å². The molecule has 1 aliphatic carbocycles. The van der Waals surface area contributed by atoms with Gasteiger partial charge in [0.05, 0.1) is 11.4 Å². The zero-order valence-corrected chi connectivity index (χ0v) is 32.1. The van der Waals surface area contributed by atoms with Crippen molar-refractivity contribution >= 4 is 21.5 Å². The predicted octanol–water partition coefficient (Wildman–Crippen LogP) is 14.5. The molecular formula is C56H38N2. The second-order valence-electron chi connectivity index (χ2n) is 15.4. The lowest BCUT2D eigenvalue weighted by Gasteiger charge is -2.28. The van der Waals surface area contributed by atoms with Gasteiger partial charge in [-0.15, -0.1) is 0 Å². The van der Waals surface area contributed by atoms with Crippen molar-refractivity contribution in [2.75, 3.05) is 0 Å². The van der Waals surface area contributed by atoms with Crippen LogP contribution in [-0.4, -0.2) is 9.97 Å². The van der Waals surface area contributed by atoms with Gasteiger partial charge in [-0.1, -0.05) is 194 Å². The molecule has 0 fully saturated rings. The van der Waals surface area contributed by atoms with E-state index in [2.05, 4.69) is 201 Å². The van der Waals surface area contributed by atoms with E-state index in [0.717, 1.165) is 28.1 Å². The molecule has 1 aliphatic rings. The van der Waals surface area contributed by atoms with Gasteiger partial charge in [-0.05, 0) is 96.7 Å². The third-order valence-corrected chi connectivity index (χ3v) is 12.2. The van der Waals surface area contributed by atoms with E-state index in [1.165, 1.54) is 71.6 Å². The molecular weight excluding hydrogens is 701 g/mol. The van der Waals surface area contributed by atoms with Crippen molar-refractivity contribution in [2.45, 2.75) is 12.3 Å². The SMILES string of the molecule is CC1(c2ccccc2)c2ccccc2-c2c(-c3ccc4cc(-c5cc(-c6cccc7cccc(-c8ccccc8)c67)nc(-c6ccccc6)n5)ccc4c3)cccc21. The Morgan fingerprint density at radius 3 is 1.66 bits per heavy atom. The van der Waals surface area contributed by atoms with E-state index < -0.39 is 0 Å². The number of fused-ring (bicyclic) bond motifs is 5. The maximum Gasteiger partial charge on any atom is 0.160 e. The highest BCUT2D eigenvalue weighted by molar-refractivity contribution is 6.06. The summed E-state index contributed by atoms with van der Waals surface area (Å²) in [6.07, 6.45) is 0. The summed E-state index contributed by atoms with van der Waals surface area (Å²) in [4.78, 5) is 10.5.